The number of amides is 1. The van der Waals surface area contributed by atoms with E-state index in [0.29, 0.717) is 17.8 Å². The molecule has 1 atom stereocenters. The Morgan fingerprint density at radius 2 is 1.76 bits per heavy atom. The molecule has 1 unspecified atom stereocenters. The lowest BCUT2D eigenvalue weighted by atomic mass is 10.0. The van der Waals surface area contributed by atoms with Crippen molar-refractivity contribution in [1.29, 1.82) is 0 Å². The lowest BCUT2D eigenvalue weighted by Gasteiger charge is -2.35. The number of carbonyl (C=O) groups excluding carboxylic acids is 1. The van der Waals surface area contributed by atoms with Gasteiger partial charge < -0.3 is 15.3 Å². The molecule has 1 amide bonds. The van der Waals surface area contributed by atoms with Crippen LogP contribution in [0.2, 0.25) is 0 Å². The van der Waals surface area contributed by atoms with Gasteiger partial charge in [-0.25, -0.2) is 9.18 Å². The number of hydrogen-bond acceptors (Lipinski definition) is 3. The summed E-state index contributed by atoms with van der Waals surface area (Å²) in [6, 6.07) is 12.3. The first-order valence-electron chi connectivity index (χ1n) is 8.18. The Kier molecular flexibility index (Phi) is 4.97. The average Bonchev–Trinajstić information content (AvgIpc) is 2.62. The number of nitrogens with one attached hydrogen (secondary N) is 1. The van der Waals surface area contributed by atoms with Crippen LogP contribution in [0.5, 0.6) is 0 Å². The maximum absolute atomic E-state index is 14.0. The van der Waals surface area contributed by atoms with E-state index in [2.05, 4.69) is 5.32 Å². The lowest BCUT2D eigenvalue weighted by molar-refractivity contribution is 0.0696. The van der Waals surface area contributed by atoms with Crippen molar-refractivity contribution in [3.05, 3.63) is 65.5 Å². The van der Waals surface area contributed by atoms with Crippen molar-refractivity contribution in [3.8, 4) is 0 Å². The third kappa shape index (κ3) is 3.96. The van der Waals surface area contributed by atoms with E-state index in [0.717, 1.165) is 19.4 Å². The third-order valence-electron chi connectivity index (χ3n) is 4.34. The molecule has 3 rings (SSSR count). The van der Waals surface area contributed by atoms with Crippen LogP contribution in [-0.2, 0) is 0 Å². The van der Waals surface area contributed by atoms with Crippen molar-refractivity contribution in [2.75, 3.05) is 18.0 Å². The molecule has 1 heterocycles. The van der Waals surface area contributed by atoms with Crippen LogP contribution in [-0.4, -0.2) is 36.1 Å². The lowest BCUT2D eigenvalue weighted by Crippen LogP contribution is -2.48. The van der Waals surface area contributed by atoms with Gasteiger partial charge in [-0.3, -0.25) is 4.79 Å². The van der Waals surface area contributed by atoms with Crippen LogP contribution in [0.4, 0.5) is 10.1 Å². The molecule has 25 heavy (non-hydrogen) atoms. The highest BCUT2D eigenvalue weighted by Crippen LogP contribution is 2.23. The van der Waals surface area contributed by atoms with Gasteiger partial charge in [0.2, 0.25) is 0 Å². The van der Waals surface area contributed by atoms with Gasteiger partial charge in [0, 0.05) is 24.7 Å². The number of hydrogen-bond donors (Lipinski definition) is 2. The average molecular weight is 342 g/mol. The monoisotopic (exact) mass is 342 g/mol. The zero-order valence-corrected chi connectivity index (χ0v) is 13.6. The second kappa shape index (κ2) is 7.34. The molecule has 2 aromatic carbocycles. The number of anilines is 1. The van der Waals surface area contributed by atoms with Crippen LogP contribution in [0.3, 0.4) is 0 Å². The summed E-state index contributed by atoms with van der Waals surface area (Å²) in [5.41, 5.74) is 1.10. The molecule has 1 fully saturated rings. The van der Waals surface area contributed by atoms with Gasteiger partial charge in [0.15, 0.2) is 0 Å². The first-order chi connectivity index (χ1) is 12.0. The van der Waals surface area contributed by atoms with E-state index in [1.54, 1.807) is 18.2 Å². The molecule has 0 aromatic heterocycles. The van der Waals surface area contributed by atoms with E-state index in [-0.39, 0.29) is 23.3 Å². The Morgan fingerprint density at radius 3 is 2.44 bits per heavy atom. The van der Waals surface area contributed by atoms with Crippen LogP contribution >= 0.6 is 0 Å². The summed E-state index contributed by atoms with van der Waals surface area (Å²) < 4.78 is 14.0. The van der Waals surface area contributed by atoms with E-state index < -0.39 is 5.97 Å². The van der Waals surface area contributed by atoms with Crippen molar-refractivity contribution in [1.82, 2.24) is 5.32 Å². The minimum absolute atomic E-state index is 0.0833. The van der Waals surface area contributed by atoms with Crippen molar-refractivity contribution in [2.45, 2.75) is 18.9 Å². The first kappa shape index (κ1) is 17.0. The minimum atomic E-state index is -1.03. The number of benzene rings is 2. The quantitative estimate of drug-likeness (QED) is 0.896. The molecule has 0 saturated carbocycles. The normalized spacial score (nSPS) is 17.2. The fraction of sp³-hybridized carbons (Fsp3) is 0.263. The fourth-order valence-electron chi connectivity index (χ4n) is 3.05. The van der Waals surface area contributed by atoms with E-state index in [1.165, 1.54) is 30.3 Å². The Hall–Kier alpha value is -2.89. The molecule has 1 saturated heterocycles. The number of piperidine rings is 1. The number of nitrogens with zero attached hydrogens (tertiary/aromatic N) is 1. The Balaban J connectivity index is 1.65. The number of aromatic carboxylic acids is 1. The summed E-state index contributed by atoms with van der Waals surface area (Å²) >= 11 is 0. The number of carboxylic acid groups (broad SMARTS) is 1. The zero-order valence-electron chi connectivity index (χ0n) is 13.6. The van der Waals surface area contributed by atoms with Crippen LogP contribution in [0.15, 0.2) is 48.5 Å². The molecule has 0 spiro atoms. The predicted molar refractivity (Wildman–Crippen MR) is 92.5 cm³/mol. The summed E-state index contributed by atoms with van der Waals surface area (Å²) in [5.74, 6) is -1.55. The molecular formula is C19H19FN2O3. The van der Waals surface area contributed by atoms with Gasteiger partial charge in [0.1, 0.15) is 5.82 Å². The number of carbonyl (C=O) groups is 2. The SMILES string of the molecule is O=C(O)c1ccc(C(=O)NC2CCCN(c3ccccc3F)C2)cc1. The van der Waals surface area contributed by atoms with Crippen molar-refractivity contribution < 1.29 is 19.1 Å². The van der Waals surface area contributed by atoms with Gasteiger partial charge in [0.05, 0.1) is 11.3 Å². The van der Waals surface area contributed by atoms with Crippen molar-refractivity contribution in [2.24, 2.45) is 0 Å². The third-order valence-corrected chi connectivity index (χ3v) is 4.34. The fourth-order valence-corrected chi connectivity index (χ4v) is 3.05. The second-order valence-electron chi connectivity index (χ2n) is 6.09. The molecular weight excluding hydrogens is 323 g/mol. The topological polar surface area (TPSA) is 69.6 Å². The number of halogens is 1. The Labute approximate surface area is 145 Å². The summed E-state index contributed by atoms with van der Waals surface area (Å²) in [6.07, 6.45) is 1.68. The molecule has 130 valence electrons. The first-order valence-corrected chi connectivity index (χ1v) is 8.18. The molecule has 2 N–H and O–H groups in total. The molecule has 1 aliphatic rings. The highest BCUT2D eigenvalue weighted by molar-refractivity contribution is 5.96. The van der Waals surface area contributed by atoms with Gasteiger partial charge in [-0.2, -0.15) is 0 Å². The van der Waals surface area contributed by atoms with E-state index in [1.807, 2.05) is 4.90 Å². The molecule has 1 aliphatic heterocycles. The van der Waals surface area contributed by atoms with E-state index in [4.69, 9.17) is 5.11 Å². The number of rotatable bonds is 4. The maximum atomic E-state index is 14.0. The van der Waals surface area contributed by atoms with Gasteiger partial charge in [-0.05, 0) is 49.2 Å². The summed E-state index contributed by atoms with van der Waals surface area (Å²) in [5, 5.41) is 11.9. The van der Waals surface area contributed by atoms with E-state index in [9.17, 15) is 14.0 Å². The summed E-state index contributed by atoms with van der Waals surface area (Å²) in [7, 11) is 0. The van der Waals surface area contributed by atoms with Crippen LogP contribution in [0, 0.1) is 5.82 Å². The van der Waals surface area contributed by atoms with Crippen molar-refractivity contribution >= 4 is 17.6 Å². The Bertz CT molecular complexity index is 776. The zero-order chi connectivity index (χ0) is 17.8. The van der Waals surface area contributed by atoms with Crippen LogP contribution < -0.4 is 10.2 Å². The molecule has 0 bridgehead atoms. The molecule has 6 heteroatoms. The van der Waals surface area contributed by atoms with Gasteiger partial charge >= 0.3 is 5.97 Å². The van der Waals surface area contributed by atoms with Gasteiger partial charge in [-0.1, -0.05) is 12.1 Å². The molecule has 5 nitrogen and oxygen atoms in total. The predicted octanol–water partition coefficient (Wildman–Crippen LogP) is 2.92. The van der Waals surface area contributed by atoms with Crippen LogP contribution in [0.1, 0.15) is 33.6 Å². The van der Waals surface area contributed by atoms with Crippen LogP contribution in [0.25, 0.3) is 0 Å². The minimum Gasteiger partial charge on any atom is -0.478 e. The van der Waals surface area contributed by atoms with Gasteiger partial charge in [0.25, 0.3) is 5.91 Å². The summed E-state index contributed by atoms with van der Waals surface area (Å²) in [6.45, 7) is 1.29. The largest absolute Gasteiger partial charge is 0.478 e. The molecule has 0 radical (unpaired) electrons. The highest BCUT2D eigenvalue weighted by Gasteiger charge is 2.23. The highest BCUT2D eigenvalue weighted by atomic mass is 19.1. The summed E-state index contributed by atoms with van der Waals surface area (Å²) in [4.78, 5) is 25.2. The Morgan fingerprint density at radius 1 is 1.08 bits per heavy atom. The maximum Gasteiger partial charge on any atom is 0.335 e. The van der Waals surface area contributed by atoms with Crippen molar-refractivity contribution in [3.63, 3.8) is 0 Å². The smallest absolute Gasteiger partial charge is 0.335 e. The molecule has 0 aliphatic carbocycles. The number of para-hydroxylation sites is 1. The van der Waals surface area contributed by atoms with Gasteiger partial charge in [-0.15, -0.1) is 0 Å². The standard InChI is InChI=1S/C19H19FN2O3/c20-16-5-1-2-6-17(16)22-11-3-4-15(12-22)21-18(23)13-7-9-14(10-8-13)19(24)25/h1-2,5-10,15H,3-4,11-12H2,(H,21,23)(H,24,25). The second-order valence-corrected chi connectivity index (χ2v) is 6.09. The molecule has 2 aromatic rings. The number of carboxylic acids is 1. The van der Waals surface area contributed by atoms with E-state index >= 15 is 0 Å².